The maximum Gasteiger partial charge on any atom is 0.416 e. The van der Waals surface area contributed by atoms with Gasteiger partial charge in [0.05, 0.1) is 22.5 Å². The summed E-state index contributed by atoms with van der Waals surface area (Å²) in [5.41, 5.74) is 1.53. The average molecular weight is 590 g/mol. The maximum absolute atomic E-state index is 13.3. The summed E-state index contributed by atoms with van der Waals surface area (Å²) in [6.07, 6.45) is -2.48. The number of alkyl halides is 3. The molecule has 0 heterocycles. The van der Waals surface area contributed by atoms with Crippen LogP contribution in [0.1, 0.15) is 53.6 Å². The lowest BCUT2D eigenvalue weighted by atomic mass is 9.87. The van der Waals surface area contributed by atoms with Gasteiger partial charge in [0.15, 0.2) is 0 Å². The molecule has 4 rings (SSSR count). The molecule has 2 atom stereocenters. The van der Waals surface area contributed by atoms with Crippen molar-refractivity contribution in [1.82, 2.24) is 14.9 Å². The number of ether oxygens (including phenoxy) is 1. The number of hydrogen-bond donors (Lipinski definition) is 2. The van der Waals surface area contributed by atoms with Crippen LogP contribution >= 0.6 is 0 Å². The lowest BCUT2D eigenvalue weighted by Crippen LogP contribution is -2.36. The summed E-state index contributed by atoms with van der Waals surface area (Å²) >= 11 is 0. The van der Waals surface area contributed by atoms with Crippen LogP contribution < -0.4 is 14.8 Å². The SMILES string of the molecule is CN(C)CCOc1ccc2c(c1)CCC[C@@H]2NC(=O)C[C@@H](NS(=O)(=O)c1cccc(C(F)(F)F)c1)c1ccccc1. The highest BCUT2D eigenvalue weighted by Crippen LogP contribution is 2.33. The molecular weight excluding hydrogens is 555 g/mol. The Kier molecular flexibility index (Phi) is 9.72. The third-order valence-corrected chi connectivity index (χ3v) is 8.40. The van der Waals surface area contributed by atoms with Crippen molar-refractivity contribution in [2.24, 2.45) is 0 Å². The van der Waals surface area contributed by atoms with Gasteiger partial charge < -0.3 is 15.0 Å². The van der Waals surface area contributed by atoms with Gasteiger partial charge in [-0.1, -0.05) is 42.5 Å². The summed E-state index contributed by atoms with van der Waals surface area (Å²) in [5.74, 6) is 0.389. The van der Waals surface area contributed by atoms with Gasteiger partial charge in [-0.3, -0.25) is 4.79 Å². The topological polar surface area (TPSA) is 87.7 Å². The molecule has 1 amide bonds. The minimum Gasteiger partial charge on any atom is -0.492 e. The number of halogens is 3. The van der Waals surface area contributed by atoms with E-state index in [-0.39, 0.29) is 18.4 Å². The summed E-state index contributed by atoms with van der Waals surface area (Å²) < 4.78 is 74.2. The zero-order valence-electron chi connectivity index (χ0n) is 22.9. The van der Waals surface area contributed by atoms with Gasteiger partial charge in [-0.05, 0) is 80.4 Å². The number of aryl methyl sites for hydroxylation is 1. The van der Waals surface area contributed by atoms with E-state index >= 15 is 0 Å². The molecule has 2 N–H and O–H groups in total. The van der Waals surface area contributed by atoms with Crippen molar-refractivity contribution in [3.8, 4) is 5.75 Å². The molecule has 0 bridgehead atoms. The summed E-state index contributed by atoms with van der Waals surface area (Å²) in [4.78, 5) is 14.8. The molecule has 0 spiro atoms. The Hall–Kier alpha value is -3.41. The monoisotopic (exact) mass is 589 g/mol. The number of nitrogens with zero attached hydrogens (tertiary/aromatic N) is 1. The van der Waals surface area contributed by atoms with Crippen LogP contribution in [0.15, 0.2) is 77.7 Å². The fourth-order valence-electron chi connectivity index (χ4n) is 4.82. The van der Waals surface area contributed by atoms with Gasteiger partial charge in [-0.15, -0.1) is 0 Å². The number of amides is 1. The van der Waals surface area contributed by atoms with Crippen molar-refractivity contribution in [1.29, 1.82) is 0 Å². The minimum atomic E-state index is -4.69. The first kappa shape index (κ1) is 30.5. The molecule has 0 aliphatic heterocycles. The molecule has 11 heteroatoms. The van der Waals surface area contributed by atoms with Gasteiger partial charge in [-0.2, -0.15) is 13.2 Å². The molecule has 0 saturated heterocycles. The fraction of sp³-hybridized carbons (Fsp3) is 0.367. The van der Waals surface area contributed by atoms with Crippen LogP contribution in [0.25, 0.3) is 0 Å². The highest BCUT2D eigenvalue weighted by atomic mass is 32.2. The number of benzene rings is 3. The molecule has 1 aliphatic carbocycles. The number of nitrogens with one attached hydrogen (secondary N) is 2. The van der Waals surface area contributed by atoms with Crippen molar-refractivity contribution in [3.05, 3.63) is 95.1 Å². The molecule has 220 valence electrons. The zero-order chi connectivity index (χ0) is 29.6. The van der Waals surface area contributed by atoms with Crippen LogP contribution in [-0.2, 0) is 27.4 Å². The highest BCUT2D eigenvalue weighted by Gasteiger charge is 2.32. The van der Waals surface area contributed by atoms with Gasteiger partial charge >= 0.3 is 6.18 Å². The van der Waals surface area contributed by atoms with E-state index in [0.717, 1.165) is 60.9 Å². The summed E-state index contributed by atoms with van der Waals surface area (Å²) in [7, 11) is -0.434. The van der Waals surface area contributed by atoms with E-state index in [4.69, 9.17) is 4.74 Å². The largest absolute Gasteiger partial charge is 0.492 e. The number of carbonyl (C=O) groups is 1. The molecule has 41 heavy (non-hydrogen) atoms. The number of fused-ring (bicyclic) bond motifs is 1. The second kappa shape index (κ2) is 13.1. The van der Waals surface area contributed by atoms with E-state index < -0.39 is 32.7 Å². The Labute approximate surface area is 238 Å². The molecule has 0 aromatic heterocycles. The van der Waals surface area contributed by atoms with E-state index in [1.807, 2.05) is 37.2 Å². The fourth-order valence-corrected chi connectivity index (χ4v) is 6.09. The number of carbonyl (C=O) groups excluding carboxylic acids is 1. The van der Waals surface area contributed by atoms with Gasteiger partial charge in [-0.25, -0.2) is 13.1 Å². The third-order valence-electron chi connectivity index (χ3n) is 6.93. The van der Waals surface area contributed by atoms with E-state index in [1.54, 1.807) is 30.3 Å². The normalized spacial score (nSPS) is 16.2. The minimum absolute atomic E-state index is 0.236. The lowest BCUT2D eigenvalue weighted by Gasteiger charge is -2.28. The first-order chi connectivity index (χ1) is 19.4. The molecule has 0 saturated carbocycles. The zero-order valence-corrected chi connectivity index (χ0v) is 23.8. The van der Waals surface area contributed by atoms with Gasteiger partial charge in [0.2, 0.25) is 15.9 Å². The summed E-state index contributed by atoms with van der Waals surface area (Å²) in [6.45, 7) is 1.35. The van der Waals surface area contributed by atoms with Crippen LogP contribution in [0, 0.1) is 0 Å². The molecule has 3 aromatic carbocycles. The van der Waals surface area contributed by atoms with Crippen molar-refractivity contribution < 1.29 is 31.1 Å². The van der Waals surface area contributed by atoms with Crippen LogP contribution in [0.4, 0.5) is 13.2 Å². The van der Waals surface area contributed by atoms with Gasteiger partial charge in [0, 0.05) is 13.0 Å². The van der Waals surface area contributed by atoms with Crippen molar-refractivity contribution in [2.45, 2.75) is 48.8 Å². The smallest absolute Gasteiger partial charge is 0.416 e. The molecule has 1 aliphatic rings. The van der Waals surface area contributed by atoms with Gasteiger partial charge in [0.1, 0.15) is 12.4 Å². The lowest BCUT2D eigenvalue weighted by molar-refractivity contribution is -0.137. The van der Waals surface area contributed by atoms with Gasteiger partial charge in [0.25, 0.3) is 0 Å². The number of sulfonamides is 1. The Morgan fingerprint density at radius 2 is 1.80 bits per heavy atom. The highest BCUT2D eigenvalue weighted by molar-refractivity contribution is 7.89. The molecule has 0 fully saturated rings. The summed E-state index contributed by atoms with van der Waals surface area (Å²) in [5, 5.41) is 3.04. The van der Waals surface area contributed by atoms with Crippen molar-refractivity contribution in [2.75, 3.05) is 27.2 Å². The average Bonchev–Trinajstić information content (AvgIpc) is 2.92. The Bertz CT molecular complexity index is 1450. The Morgan fingerprint density at radius 3 is 2.51 bits per heavy atom. The number of hydrogen-bond acceptors (Lipinski definition) is 5. The predicted molar refractivity (Wildman–Crippen MR) is 150 cm³/mol. The molecule has 3 aromatic rings. The van der Waals surface area contributed by atoms with Crippen LogP contribution in [0.3, 0.4) is 0 Å². The van der Waals surface area contributed by atoms with E-state index in [2.05, 4.69) is 10.0 Å². The van der Waals surface area contributed by atoms with E-state index in [1.165, 1.54) is 0 Å². The van der Waals surface area contributed by atoms with E-state index in [0.29, 0.717) is 18.2 Å². The molecule has 7 nitrogen and oxygen atoms in total. The van der Waals surface area contributed by atoms with Crippen molar-refractivity contribution >= 4 is 15.9 Å². The summed E-state index contributed by atoms with van der Waals surface area (Å²) in [6, 6.07) is 16.6. The van der Waals surface area contributed by atoms with Crippen LogP contribution in [0.5, 0.6) is 5.75 Å². The Morgan fingerprint density at radius 1 is 1.05 bits per heavy atom. The third kappa shape index (κ3) is 8.31. The number of rotatable bonds is 11. The molecule has 0 radical (unpaired) electrons. The van der Waals surface area contributed by atoms with Crippen LogP contribution in [-0.4, -0.2) is 46.5 Å². The van der Waals surface area contributed by atoms with E-state index in [9.17, 15) is 26.4 Å². The Balaban J connectivity index is 1.49. The second-order valence-electron chi connectivity index (χ2n) is 10.3. The predicted octanol–water partition coefficient (Wildman–Crippen LogP) is 5.25. The van der Waals surface area contributed by atoms with Crippen molar-refractivity contribution in [3.63, 3.8) is 0 Å². The first-order valence-electron chi connectivity index (χ1n) is 13.4. The molecular formula is C30H34F3N3O4S. The quantitative estimate of drug-likeness (QED) is 0.319. The molecule has 0 unspecified atom stereocenters. The maximum atomic E-state index is 13.3. The van der Waals surface area contributed by atoms with Crippen LogP contribution in [0.2, 0.25) is 0 Å². The second-order valence-corrected chi connectivity index (χ2v) is 12.1. The first-order valence-corrected chi connectivity index (χ1v) is 14.8. The number of likely N-dealkylation sites (N-methyl/N-ethyl adjacent to an activating group) is 1. The standard InChI is InChI=1S/C30H34F3N3O4S/c1-36(2)16-17-40-24-14-15-26-22(18-24)10-6-13-27(26)34-29(37)20-28(21-8-4-3-5-9-21)35-41(38,39)25-12-7-11-23(19-25)30(31,32)33/h3-5,7-9,11-12,14-15,18-19,27-28,35H,6,10,13,16-17,20H2,1-2H3,(H,34,37)/t27-,28+/m0/s1.